The van der Waals surface area contributed by atoms with E-state index in [-0.39, 0.29) is 0 Å². The van der Waals surface area contributed by atoms with Gasteiger partial charge in [0.15, 0.2) is 0 Å². The van der Waals surface area contributed by atoms with Crippen LogP contribution >= 0.6 is 11.3 Å². The normalized spacial score (nSPS) is 10.7. The lowest BCUT2D eigenvalue weighted by Gasteiger charge is -2.03. The number of aromatic nitrogens is 1. The molecule has 0 aliphatic rings. The first-order valence-electron chi connectivity index (χ1n) is 4.52. The zero-order valence-corrected chi connectivity index (χ0v) is 8.16. The van der Waals surface area contributed by atoms with Gasteiger partial charge in [0.05, 0.1) is 10.4 Å². The molecule has 14 heavy (non-hydrogen) atoms. The molecule has 0 fully saturated rings. The first-order chi connectivity index (χ1) is 7.38. The van der Waals surface area contributed by atoms with Crippen molar-refractivity contribution in [1.82, 2.24) is 4.98 Å². The fourth-order valence-corrected chi connectivity index (χ4v) is 1.54. The lowest BCUT2D eigenvalue weighted by Crippen LogP contribution is -1.92. The molecule has 1 aromatic carbocycles. The van der Waals surface area contributed by atoms with Crippen LogP contribution in [-0.2, 0) is 6.61 Å². The summed E-state index contributed by atoms with van der Waals surface area (Å²) in [4.78, 5) is 5.01. The van der Waals surface area contributed by atoms with E-state index in [2.05, 4.69) is 10.1 Å². The van der Waals surface area contributed by atoms with Crippen LogP contribution in [0, 0.1) is 0 Å². The highest BCUT2D eigenvalue weighted by atomic mass is 32.1. The molecule has 0 saturated carbocycles. The van der Waals surface area contributed by atoms with E-state index in [1.807, 2.05) is 6.07 Å². The fourth-order valence-electron chi connectivity index (χ4n) is 1.03. The number of aromatic hydroxyl groups is 1. The molecule has 72 valence electrons. The summed E-state index contributed by atoms with van der Waals surface area (Å²) in [7, 11) is 0. The molecule has 4 heteroatoms. The first kappa shape index (κ1) is 7.82. The van der Waals surface area contributed by atoms with Gasteiger partial charge in [0.1, 0.15) is 18.1 Å². The fraction of sp³-hybridized carbons (Fsp3) is 0.100. The lowest BCUT2D eigenvalue weighted by atomic mass is 10.3. The minimum Gasteiger partial charge on any atom is -0.508 e. The van der Waals surface area contributed by atoms with Gasteiger partial charge in [0.2, 0.25) is 0 Å². The van der Waals surface area contributed by atoms with E-state index in [4.69, 9.17) is 6.17 Å². The lowest BCUT2D eigenvalue weighted by molar-refractivity contribution is 0.307. The molecule has 1 N–H and O–H groups in total. The van der Waals surface area contributed by atoms with Crippen molar-refractivity contribution < 1.29 is 9.85 Å². The van der Waals surface area contributed by atoms with Gasteiger partial charge in [0, 0.05) is 12.3 Å². The number of benzene rings is 1. The van der Waals surface area contributed by atoms with E-state index in [1.54, 1.807) is 41.2 Å². The van der Waals surface area contributed by atoms with E-state index in [0.29, 0.717) is 18.1 Å². The average molecular weight is 209 g/mol. The van der Waals surface area contributed by atoms with Gasteiger partial charge in [-0.3, -0.25) is 4.98 Å². The van der Waals surface area contributed by atoms with Crippen LogP contribution in [0.15, 0.2) is 36.0 Å². The van der Waals surface area contributed by atoms with Gasteiger partial charge in [0.25, 0.3) is 1.43 Å². The third-order valence-corrected chi connectivity index (χ3v) is 2.42. The van der Waals surface area contributed by atoms with E-state index in [9.17, 15) is 0 Å². The molecule has 2 rings (SSSR count). The summed E-state index contributed by atoms with van der Waals surface area (Å²) >= 11 is 1.55. The second kappa shape index (κ2) is 4.11. The van der Waals surface area contributed by atoms with Crippen LogP contribution < -0.4 is 4.74 Å². The third kappa shape index (κ3) is 2.23. The third-order valence-electron chi connectivity index (χ3n) is 1.67. The SMILES string of the molecule is [3H]Oc1cccc(OCc2cncs2)c1. The molecule has 0 aliphatic carbocycles. The summed E-state index contributed by atoms with van der Waals surface area (Å²) in [6.45, 7) is 0.492. The highest BCUT2D eigenvalue weighted by Crippen LogP contribution is 2.19. The number of nitrogens with zero attached hydrogens (tertiary/aromatic N) is 1. The second-order valence-electron chi connectivity index (χ2n) is 2.73. The standard InChI is InChI=1S/C10H9NO2S/c12-8-2-1-3-9(4-8)13-6-10-5-11-7-14-10/h1-5,7,12H,6H2/i/hT. The number of phenolic OH excluding ortho intramolecular Hbond substituents is 1. The summed E-state index contributed by atoms with van der Waals surface area (Å²) < 4.78 is 12.2. The molecule has 0 radical (unpaired) electrons. The maximum Gasteiger partial charge on any atom is 0.293 e. The van der Waals surface area contributed by atoms with Crippen LogP contribution in [0.25, 0.3) is 0 Å². The van der Waals surface area contributed by atoms with Crippen molar-refractivity contribution in [2.75, 3.05) is 0 Å². The van der Waals surface area contributed by atoms with Crippen molar-refractivity contribution in [2.45, 2.75) is 6.61 Å². The summed E-state index contributed by atoms with van der Waals surface area (Å²) in [6.07, 6.45) is 1.77. The molecule has 0 atom stereocenters. The highest BCUT2D eigenvalue weighted by Gasteiger charge is 1.97. The molecule has 0 bridgehead atoms. The zero-order valence-electron chi connectivity index (χ0n) is 8.34. The van der Waals surface area contributed by atoms with Crippen molar-refractivity contribution in [1.29, 1.82) is 1.43 Å². The van der Waals surface area contributed by atoms with Gasteiger partial charge >= 0.3 is 0 Å². The second-order valence-corrected chi connectivity index (χ2v) is 3.70. The average Bonchev–Trinajstić information content (AvgIpc) is 2.79. The Morgan fingerprint density at radius 3 is 3.36 bits per heavy atom. The molecule has 3 nitrogen and oxygen atoms in total. The van der Waals surface area contributed by atoms with Gasteiger partial charge in [-0.15, -0.1) is 11.3 Å². The minimum absolute atomic E-state index is 0.469. The molecule has 0 spiro atoms. The maximum absolute atomic E-state index is 6.75. The van der Waals surface area contributed by atoms with E-state index < -0.39 is 0 Å². The summed E-state index contributed by atoms with van der Waals surface area (Å²) in [5, 5.41) is 4.35. The van der Waals surface area contributed by atoms with Gasteiger partial charge < -0.3 is 9.85 Å². The van der Waals surface area contributed by atoms with Crippen molar-refractivity contribution in [2.24, 2.45) is 0 Å². The number of thiazole rings is 1. The van der Waals surface area contributed by atoms with Crippen LogP contribution in [0.3, 0.4) is 0 Å². The van der Waals surface area contributed by atoms with E-state index in [1.165, 1.54) is 0 Å². The Labute approximate surface area is 87.1 Å². The Hall–Kier alpha value is -1.55. The van der Waals surface area contributed by atoms with Gasteiger partial charge in [-0.25, -0.2) is 0 Å². The Kier molecular flexibility index (Phi) is 2.29. The molecule has 0 saturated heterocycles. The van der Waals surface area contributed by atoms with Crippen molar-refractivity contribution in [3.8, 4) is 11.5 Å². The van der Waals surface area contributed by atoms with Crippen molar-refractivity contribution in [3.05, 3.63) is 40.8 Å². The summed E-state index contributed by atoms with van der Waals surface area (Å²) in [5.74, 6) is 1.16. The molecule has 1 heterocycles. The van der Waals surface area contributed by atoms with Gasteiger partial charge in [-0.1, -0.05) is 6.07 Å². The van der Waals surface area contributed by atoms with Crippen LogP contribution in [0.1, 0.15) is 4.88 Å². The topological polar surface area (TPSA) is 42.4 Å². The largest absolute Gasteiger partial charge is 0.508 e. The Morgan fingerprint density at radius 1 is 1.57 bits per heavy atom. The Balaban J connectivity index is 1.98. The van der Waals surface area contributed by atoms with E-state index >= 15 is 0 Å². The monoisotopic (exact) mass is 209 g/mol. The molecular weight excluding hydrogens is 198 g/mol. The highest BCUT2D eigenvalue weighted by molar-refractivity contribution is 7.09. The van der Waals surface area contributed by atoms with Crippen LogP contribution in [0.2, 0.25) is 0 Å². The van der Waals surface area contributed by atoms with Crippen LogP contribution in [-0.4, -0.2) is 11.5 Å². The number of rotatable bonds is 4. The quantitative estimate of drug-likeness (QED) is 0.840. The maximum atomic E-state index is 6.75. The molecule has 0 aliphatic heterocycles. The number of hydrogen-bond acceptors (Lipinski definition) is 4. The van der Waals surface area contributed by atoms with Gasteiger partial charge in [-0.05, 0) is 12.1 Å². The smallest absolute Gasteiger partial charge is 0.293 e. The molecular formula is C10H9NO2S. The first-order valence-corrected chi connectivity index (χ1v) is 5.00. The Bertz CT molecular complexity index is 419. The molecule has 1 aromatic heterocycles. The molecule has 0 unspecified atom stereocenters. The molecule has 0 amide bonds. The predicted molar refractivity (Wildman–Crippen MR) is 54.6 cm³/mol. The summed E-state index contributed by atoms with van der Waals surface area (Å²) in [5.41, 5.74) is 1.77. The number of hydrogen-bond donors (Lipinski definition) is 1. The van der Waals surface area contributed by atoms with Crippen LogP contribution in [0.4, 0.5) is 0 Å². The summed E-state index contributed by atoms with van der Waals surface area (Å²) in [6, 6.07) is 6.98. The Morgan fingerprint density at radius 2 is 2.57 bits per heavy atom. The predicted octanol–water partition coefficient (Wildman–Crippen LogP) is 2.43. The zero-order chi connectivity index (χ0) is 10.5. The molecule has 2 aromatic rings. The minimum atomic E-state index is 0.469. The number of ether oxygens (including phenoxy) is 1. The number of phenols is 1. The van der Waals surface area contributed by atoms with E-state index in [0.717, 1.165) is 4.88 Å². The van der Waals surface area contributed by atoms with Crippen molar-refractivity contribution >= 4 is 11.3 Å². The van der Waals surface area contributed by atoms with Crippen molar-refractivity contribution in [3.63, 3.8) is 0 Å². The van der Waals surface area contributed by atoms with Crippen LogP contribution in [0.5, 0.6) is 11.5 Å². The van der Waals surface area contributed by atoms with Gasteiger partial charge in [-0.2, -0.15) is 0 Å².